The number of carbonyl (C=O) groups is 1. The van der Waals surface area contributed by atoms with Gasteiger partial charge in [-0.05, 0) is 52.0 Å². The molecule has 0 fully saturated rings. The molecule has 1 aromatic rings. The average Bonchev–Trinajstić information content (AvgIpc) is 2.27. The standard InChI is InChI=1S/C14H18F3NO2/c1-5-18(12(19)20-13(2,3)4)11-8-6-10(7-9-11)14(15,16)17/h6-9H,5H2,1-4H3. The summed E-state index contributed by atoms with van der Waals surface area (Å²) >= 11 is 0. The first kappa shape index (κ1) is 16.3. The van der Waals surface area contributed by atoms with E-state index in [4.69, 9.17) is 4.74 Å². The molecule has 1 aromatic carbocycles. The number of hydrogen-bond acceptors (Lipinski definition) is 2. The Morgan fingerprint density at radius 1 is 1.15 bits per heavy atom. The second-order valence-electron chi connectivity index (χ2n) is 5.27. The monoisotopic (exact) mass is 289 g/mol. The van der Waals surface area contributed by atoms with Crippen LogP contribution in [0.15, 0.2) is 24.3 Å². The van der Waals surface area contributed by atoms with Crippen LogP contribution in [0.5, 0.6) is 0 Å². The first-order valence-corrected chi connectivity index (χ1v) is 6.22. The quantitative estimate of drug-likeness (QED) is 0.804. The van der Waals surface area contributed by atoms with E-state index in [-0.39, 0.29) is 0 Å². The molecule has 0 aliphatic heterocycles. The van der Waals surface area contributed by atoms with Crippen molar-refractivity contribution in [3.05, 3.63) is 29.8 Å². The van der Waals surface area contributed by atoms with Gasteiger partial charge in [-0.3, -0.25) is 4.90 Å². The zero-order chi connectivity index (χ0) is 15.6. The number of amides is 1. The van der Waals surface area contributed by atoms with Crippen molar-refractivity contribution in [3.8, 4) is 0 Å². The van der Waals surface area contributed by atoms with Crippen molar-refractivity contribution in [2.24, 2.45) is 0 Å². The second-order valence-corrected chi connectivity index (χ2v) is 5.27. The zero-order valence-electron chi connectivity index (χ0n) is 11.9. The van der Waals surface area contributed by atoms with Crippen molar-refractivity contribution >= 4 is 11.8 Å². The van der Waals surface area contributed by atoms with Crippen LogP contribution in [-0.2, 0) is 10.9 Å². The van der Waals surface area contributed by atoms with Crippen LogP contribution in [0, 0.1) is 0 Å². The molecule has 1 rings (SSSR count). The highest BCUT2D eigenvalue weighted by atomic mass is 19.4. The van der Waals surface area contributed by atoms with E-state index in [1.807, 2.05) is 0 Å². The molecule has 0 atom stereocenters. The molecule has 0 heterocycles. The van der Waals surface area contributed by atoms with E-state index in [1.165, 1.54) is 17.0 Å². The molecule has 20 heavy (non-hydrogen) atoms. The fourth-order valence-electron chi connectivity index (χ4n) is 1.56. The van der Waals surface area contributed by atoms with Crippen LogP contribution in [0.1, 0.15) is 33.3 Å². The molecule has 112 valence electrons. The Kier molecular flexibility index (Phi) is 4.68. The molecule has 6 heteroatoms. The second kappa shape index (κ2) is 5.73. The Labute approximate surface area is 116 Å². The molecule has 0 spiro atoms. The van der Waals surface area contributed by atoms with Gasteiger partial charge in [0.05, 0.1) is 5.56 Å². The van der Waals surface area contributed by atoms with Gasteiger partial charge in [0.25, 0.3) is 0 Å². The summed E-state index contributed by atoms with van der Waals surface area (Å²) in [5.74, 6) is 0. The molecule has 0 bridgehead atoms. The predicted octanol–water partition coefficient (Wildman–Crippen LogP) is 4.47. The van der Waals surface area contributed by atoms with Gasteiger partial charge in [-0.2, -0.15) is 13.2 Å². The third-order valence-corrected chi connectivity index (χ3v) is 2.44. The van der Waals surface area contributed by atoms with Crippen molar-refractivity contribution in [1.82, 2.24) is 0 Å². The number of anilines is 1. The zero-order valence-corrected chi connectivity index (χ0v) is 11.9. The van der Waals surface area contributed by atoms with E-state index in [9.17, 15) is 18.0 Å². The molecular weight excluding hydrogens is 271 g/mol. The number of halogens is 3. The van der Waals surface area contributed by atoms with Gasteiger partial charge >= 0.3 is 12.3 Å². The minimum absolute atomic E-state index is 0.306. The van der Waals surface area contributed by atoms with Gasteiger partial charge in [0, 0.05) is 12.2 Å². The van der Waals surface area contributed by atoms with Gasteiger partial charge in [-0.1, -0.05) is 0 Å². The summed E-state index contributed by atoms with van der Waals surface area (Å²) < 4.78 is 42.6. The fraction of sp³-hybridized carbons (Fsp3) is 0.500. The number of carbonyl (C=O) groups excluding carboxylic acids is 1. The highest BCUT2D eigenvalue weighted by molar-refractivity contribution is 5.87. The lowest BCUT2D eigenvalue weighted by atomic mass is 10.2. The van der Waals surface area contributed by atoms with E-state index in [1.54, 1.807) is 27.7 Å². The number of benzene rings is 1. The number of ether oxygens (including phenoxy) is 1. The Balaban J connectivity index is 2.94. The summed E-state index contributed by atoms with van der Waals surface area (Å²) in [6.45, 7) is 7.21. The van der Waals surface area contributed by atoms with Crippen LogP contribution >= 0.6 is 0 Å². The van der Waals surface area contributed by atoms with E-state index in [0.29, 0.717) is 12.2 Å². The minimum atomic E-state index is -4.39. The van der Waals surface area contributed by atoms with Crippen molar-refractivity contribution in [1.29, 1.82) is 0 Å². The van der Waals surface area contributed by atoms with Crippen molar-refractivity contribution < 1.29 is 22.7 Å². The Bertz CT molecular complexity index is 461. The van der Waals surface area contributed by atoms with Crippen LogP contribution in [0.25, 0.3) is 0 Å². The van der Waals surface area contributed by atoms with Crippen molar-refractivity contribution in [2.75, 3.05) is 11.4 Å². The smallest absolute Gasteiger partial charge is 0.416 e. The Morgan fingerprint density at radius 2 is 1.65 bits per heavy atom. The number of rotatable bonds is 2. The topological polar surface area (TPSA) is 29.5 Å². The van der Waals surface area contributed by atoms with Gasteiger partial charge in [-0.15, -0.1) is 0 Å². The molecular formula is C14H18F3NO2. The fourth-order valence-corrected chi connectivity index (χ4v) is 1.56. The van der Waals surface area contributed by atoms with Gasteiger partial charge < -0.3 is 4.74 Å². The lowest BCUT2D eigenvalue weighted by Gasteiger charge is -2.26. The molecule has 0 aromatic heterocycles. The Hall–Kier alpha value is -1.72. The highest BCUT2D eigenvalue weighted by Gasteiger charge is 2.30. The van der Waals surface area contributed by atoms with Gasteiger partial charge in [0.15, 0.2) is 0 Å². The van der Waals surface area contributed by atoms with Crippen LogP contribution in [0.3, 0.4) is 0 Å². The van der Waals surface area contributed by atoms with Crippen molar-refractivity contribution in [3.63, 3.8) is 0 Å². The van der Waals surface area contributed by atoms with Crippen molar-refractivity contribution in [2.45, 2.75) is 39.5 Å². The largest absolute Gasteiger partial charge is 0.443 e. The van der Waals surface area contributed by atoms with Gasteiger partial charge in [0.2, 0.25) is 0 Å². The van der Waals surface area contributed by atoms with Gasteiger partial charge in [0.1, 0.15) is 5.60 Å². The predicted molar refractivity (Wildman–Crippen MR) is 70.7 cm³/mol. The maximum absolute atomic E-state index is 12.5. The SMILES string of the molecule is CCN(C(=O)OC(C)(C)C)c1ccc(C(F)(F)F)cc1. The maximum Gasteiger partial charge on any atom is 0.416 e. The molecule has 0 unspecified atom stereocenters. The van der Waals surface area contributed by atoms with Crippen LogP contribution in [0.2, 0.25) is 0 Å². The summed E-state index contributed by atoms with van der Waals surface area (Å²) in [5.41, 5.74) is -1.03. The number of nitrogens with zero attached hydrogens (tertiary/aromatic N) is 1. The van der Waals surface area contributed by atoms with E-state index in [0.717, 1.165) is 12.1 Å². The van der Waals surface area contributed by atoms with E-state index in [2.05, 4.69) is 0 Å². The van der Waals surface area contributed by atoms with E-state index >= 15 is 0 Å². The Morgan fingerprint density at radius 3 is 2.00 bits per heavy atom. The van der Waals surface area contributed by atoms with Crippen LogP contribution in [-0.4, -0.2) is 18.2 Å². The average molecular weight is 289 g/mol. The van der Waals surface area contributed by atoms with Crippen LogP contribution in [0.4, 0.5) is 23.7 Å². The van der Waals surface area contributed by atoms with Crippen LogP contribution < -0.4 is 4.90 Å². The van der Waals surface area contributed by atoms with Gasteiger partial charge in [-0.25, -0.2) is 4.79 Å². The maximum atomic E-state index is 12.5. The molecule has 0 saturated carbocycles. The normalized spacial score (nSPS) is 12.2. The first-order valence-electron chi connectivity index (χ1n) is 6.22. The highest BCUT2D eigenvalue weighted by Crippen LogP contribution is 2.30. The molecule has 0 N–H and O–H groups in total. The molecule has 0 aliphatic rings. The molecule has 3 nitrogen and oxygen atoms in total. The number of alkyl halides is 3. The molecule has 1 amide bonds. The lowest BCUT2D eigenvalue weighted by molar-refractivity contribution is -0.137. The first-order chi connectivity index (χ1) is 9.04. The summed E-state index contributed by atoms with van der Waals surface area (Å²) in [6.07, 6.45) is -4.97. The van der Waals surface area contributed by atoms with E-state index < -0.39 is 23.4 Å². The molecule has 0 saturated heterocycles. The summed E-state index contributed by atoms with van der Waals surface area (Å²) in [7, 11) is 0. The minimum Gasteiger partial charge on any atom is -0.443 e. The number of hydrogen-bond donors (Lipinski definition) is 0. The summed E-state index contributed by atoms with van der Waals surface area (Å²) in [4.78, 5) is 13.2. The molecule has 0 radical (unpaired) electrons. The molecule has 0 aliphatic carbocycles. The third kappa shape index (κ3) is 4.43. The summed E-state index contributed by atoms with van der Waals surface area (Å²) in [6, 6.07) is 4.41. The summed E-state index contributed by atoms with van der Waals surface area (Å²) in [5, 5.41) is 0. The third-order valence-electron chi connectivity index (χ3n) is 2.44. The lowest BCUT2D eigenvalue weighted by Crippen LogP contribution is -2.36.